The summed E-state index contributed by atoms with van der Waals surface area (Å²) in [5.41, 5.74) is 15.7. The number of benzene rings is 8. The van der Waals surface area contributed by atoms with Crippen LogP contribution in [-0.4, -0.2) is 0 Å². The number of nitrogens with zero attached hydrogens (tertiary/aromatic N) is 1. The van der Waals surface area contributed by atoms with Crippen LogP contribution in [0.3, 0.4) is 0 Å². The van der Waals surface area contributed by atoms with Crippen LogP contribution in [-0.2, 0) is 0 Å². The van der Waals surface area contributed by atoms with E-state index < -0.39 is 0 Å². The molecule has 0 spiro atoms. The van der Waals surface area contributed by atoms with Gasteiger partial charge in [-0.3, -0.25) is 0 Å². The van der Waals surface area contributed by atoms with Gasteiger partial charge in [0.1, 0.15) is 0 Å². The van der Waals surface area contributed by atoms with Crippen molar-refractivity contribution in [3.8, 4) is 44.5 Å². The SMILES string of the molecule is C1=CCC(c2ccc(-c3ccc(N(c4ccc(-c5cccc6ccccc56)cc4)c4ccc(-c5ccccc5)c(-c5ccccc5)c4)cc3)cc2)=CCC1. The lowest BCUT2D eigenvalue weighted by atomic mass is 9.93. The zero-order valence-electron chi connectivity index (χ0n) is 30.3. The second-order valence-corrected chi connectivity index (χ2v) is 14.0. The third-order valence-corrected chi connectivity index (χ3v) is 10.6. The molecule has 54 heavy (non-hydrogen) atoms. The highest BCUT2D eigenvalue weighted by atomic mass is 15.1. The molecule has 0 saturated heterocycles. The fourth-order valence-corrected chi connectivity index (χ4v) is 7.79. The van der Waals surface area contributed by atoms with Gasteiger partial charge in [-0.15, -0.1) is 0 Å². The molecule has 1 aliphatic rings. The lowest BCUT2D eigenvalue weighted by Gasteiger charge is -2.27. The van der Waals surface area contributed by atoms with Gasteiger partial charge >= 0.3 is 0 Å². The van der Waals surface area contributed by atoms with Gasteiger partial charge in [-0.05, 0) is 122 Å². The Kier molecular flexibility index (Phi) is 9.28. The quantitative estimate of drug-likeness (QED) is 0.143. The van der Waals surface area contributed by atoms with Gasteiger partial charge in [-0.1, -0.05) is 176 Å². The first-order valence-corrected chi connectivity index (χ1v) is 19.0. The molecular formula is C53H41N. The minimum atomic E-state index is 1.01. The second kappa shape index (κ2) is 15.1. The Bertz CT molecular complexity index is 2570. The van der Waals surface area contributed by atoms with E-state index in [2.05, 4.69) is 217 Å². The van der Waals surface area contributed by atoms with Crippen LogP contribution in [0.1, 0.15) is 24.8 Å². The summed E-state index contributed by atoms with van der Waals surface area (Å²) in [6, 6.07) is 70.6. The zero-order valence-corrected chi connectivity index (χ0v) is 30.3. The summed E-state index contributed by atoms with van der Waals surface area (Å²) in [7, 11) is 0. The van der Waals surface area contributed by atoms with Crippen LogP contribution < -0.4 is 4.90 Å². The van der Waals surface area contributed by atoms with Crippen LogP contribution in [0.25, 0.3) is 60.9 Å². The lowest BCUT2D eigenvalue weighted by Crippen LogP contribution is -2.10. The van der Waals surface area contributed by atoms with E-state index in [0.717, 1.165) is 36.3 Å². The molecule has 0 aromatic heterocycles. The predicted octanol–water partition coefficient (Wildman–Crippen LogP) is 15.1. The predicted molar refractivity (Wildman–Crippen MR) is 231 cm³/mol. The molecule has 0 radical (unpaired) electrons. The van der Waals surface area contributed by atoms with Gasteiger partial charge < -0.3 is 4.90 Å². The third-order valence-electron chi connectivity index (χ3n) is 10.6. The van der Waals surface area contributed by atoms with Gasteiger partial charge in [0, 0.05) is 17.1 Å². The van der Waals surface area contributed by atoms with E-state index in [9.17, 15) is 0 Å². The first-order valence-electron chi connectivity index (χ1n) is 19.0. The Morgan fingerprint density at radius 2 is 0.870 bits per heavy atom. The molecule has 9 rings (SSSR count). The first-order chi connectivity index (χ1) is 26.8. The standard InChI is InChI=1S/C53H41N/c1-2-6-15-39(14-5-1)40-24-26-41(27-25-40)42-28-32-47(33-29-42)54(48-34-30-46(31-35-48)51-23-13-21-44-20-11-12-22-50(44)51)49-36-37-52(43-16-7-3-8-17-43)53(38-49)45-18-9-4-10-19-45/h1,3-5,7-13,15-38H,2,6,14H2. The Labute approximate surface area is 318 Å². The van der Waals surface area contributed by atoms with Gasteiger partial charge in [0.15, 0.2) is 0 Å². The fraction of sp³-hybridized carbons (Fsp3) is 0.0566. The van der Waals surface area contributed by atoms with E-state index >= 15 is 0 Å². The van der Waals surface area contributed by atoms with Crippen molar-refractivity contribution in [3.05, 3.63) is 218 Å². The van der Waals surface area contributed by atoms with Gasteiger partial charge in [0.05, 0.1) is 0 Å². The Morgan fingerprint density at radius 1 is 0.333 bits per heavy atom. The second-order valence-electron chi connectivity index (χ2n) is 14.0. The number of rotatable bonds is 8. The minimum absolute atomic E-state index is 1.01. The topological polar surface area (TPSA) is 3.24 Å². The number of hydrogen-bond acceptors (Lipinski definition) is 1. The molecule has 1 nitrogen and oxygen atoms in total. The highest BCUT2D eigenvalue weighted by Gasteiger charge is 2.17. The lowest BCUT2D eigenvalue weighted by molar-refractivity contribution is 1.06. The first kappa shape index (κ1) is 33.2. The zero-order chi connectivity index (χ0) is 36.1. The largest absolute Gasteiger partial charge is 0.310 e. The summed E-state index contributed by atoms with van der Waals surface area (Å²) in [6.45, 7) is 0. The number of hydrogen-bond donors (Lipinski definition) is 0. The van der Waals surface area contributed by atoms with Crippen molar-refractivity contribution in [2.24, 2.45) is 0 Å². The molecule has 1 aliphatic carbocycles. The summed E-state index contributed by atoms with van der Waals surface area (Å²) in [6.07, 6.45) is 10.2. The van der Waals surface area contributed by atoms with Crippen LogP contribution in [0, 0.1) is 0 Å². The minimum Gasteiger partial charge on any atom is -0.310 e. The molecule has 0 atom stereocenters. The molecule has 0 aliphatic heterocycles. The summed E-state index contributed by atoms with van der Waals surface area (Å²) >= 11 is 0. The number of anilines is 3. The van der Waals surface area contributed by atoms with Crippen molar-refractivity contribution >= 4 is 33.4 Å². The van der Waals surface area contributed by atoms with Crippen molar-refractivity contribution in [2.45, 2.75) is 19.3 Å². The van der Waals surface area contributed by atoms with Gasteiger partial charge in [-0.2, -0.15) is 0 Å². The Balaban J connectivity index is 1.12. The van der Waals surface area contributed by atoms with E-state index in [1.54, 1.807) is 0 Å². The maximum absolute atomic E-state index is 2.39. The van der Waals surface area contributed by atoms with Crippen molar-refractivity contribution in [1.29, 1.82) is 0 Å². The summed E-state index contributed by atoms with van der Waals surface area (Å²) in [4.78, 5) is 2.38. The summed E-state index contributed by atoms with van der Waals surface area (Å²) < 4.78 is 0. The molecule has 8 aromatic rings. The van der Waals surface area contributed by atoms with Gasteiger partial charge in [0.2, 0.25) is 0 Å². The normalized spacial score (nSPS) is 12.6. The summed E-state index contributed by atoms with van der Waals surface area (Å²) in [5.74, 6) is 0. The molecule has 0 saturated carbocycles. The number of allylic oxidation sites excluding steroid dienone is 4. The van der Waals surface area contributed by atoms with E-state index in [4.69, 9.17) is 0 Å². The highest BCUT2D eigenvalue weighted by Crippen LogP contribution is 2.42. The van der Waals surface area contributed by atoms with Gasteiger partial charge in [0.25, 0.3) is 0 Å². The average Bonchev–Trinajstić information content (AvgIpc) is 3.55. The molecule has 0 unspecified atom stereocenters. The molecule has 0 N–H and O–H groups in total. The molecular weight excluding hydrogens is 651 g/mol. The van der Waals surface area contributed by atoms with Crippen molar-refractivity contribution in [1.82, 2.24) is 0 Å². The van der Waals surface area contributed by atoms with E-state index in [1.165, 1.54) is 66.4 Å². The number of fused-ring (bicyclic) bond motifs is 1. The maximum atomic E-state index is 2.39. The van der Waals surface area contributed by atoms with Crippen LogP contribution >= 0.6 is 0 Å². The molecule has 1 heteroatoms. The highest BCUT2D eigenvalue weighted by molar-refractivity contribution is 5.97. The molecule has 258 valence electrons. The fourth-order valence-electron chi connectivity index (χ4n) is 7.79. The van der Waals surface area contributed by atoms with Gasteiger partial charge in [-0.25, -0.2) is 0 Å². The molecule has 0 bridgehead atoms. The van der Waals surface area contributed by atoms with Crippen LogP contribution in [0.4, 0.5) is 17.1 Å². The molecule has 8 aromatic carbocycles. The van der Waals surface area contributed by atoms with Crippen molar-refractivity contribution in [2.75, 3.05) is 4.90 Å². The summed E-state index contributed by atoms with van der Waals surface area (Å²) in [5, 5.41) is 2.51. The van der Waals surface area contributed by atoms with E-state index in [1.807, 2.05) is 0 Å². The average molecular weight is 692 g/mol. The maximum Gasteiger partial charge on any atom is 0.0468 e. The van der Waals surface area contributed by atoms with E-state index in [-0.39, 0.29) is 0 Å². The van der Waals surface area contributed by atoms with Crippen LogP contribution in [0.2, 0.25) is 0 Å². The molecule has 0 heterocycles. The smallest absolute Gasteiger partial charge is 0.0468 e. The van der Waals surface area contributed by atoms with E-state index in [0.29, 0.717) is 0 Å². The monoisotopic (exact) mass is 691 g/mol. The molecule has 0 fully saturated rings. The Morgan fingerprint density at radius 3 is 1.57 bits per heavy atom. The van der Waals surface area contributed by atoms with Crippen LogP contribution in [0.15, 0.2) is 212 Å². The Hall–Kier alpha value is -6.70. The van der Waals surface area contributed by atoms with Crippen LogP contribution in [0.5, 0.6) is 0 Å². The van der Waals surface area contributed by atoms with Crippen molar-refractivity contribution < 1.29 is 0 Å². The molecule has 0 amide bonds. The van der Waals surface area contributed by atoms with Crippen molar-refractivity contribution in [3.63, 3.8) is 0 Å². The third kappa shape index (κ3) is 6.80.